The van der Waals surface area contributed by atoms with E-state index in [1.54, 1.807) is 19.1 Å². The summed E-state index contributed by atoms with van der Waals surface area (Å²) in [5, 5.41) is 0. The largest absolute Gasteiger partial charge is 0.464 e. The SMILES string of the molecule is COC(=O)c1[nH]c(=S)[nH]c1-c1ccc(F)c(C)c1. The number of imidazole rings is 1. The van der Waals surface area contributed by atoms with Gasteiger partial charge in [-0.1, -0.05) is 0 Å². The first kappa shape index (κ1) is 12.5. The van der Waals surface area contributed by atoms with E-state index >= 15 is 0 Å². The first-order valence-electron chi connectivity index (χ1n) is 5.20. The molecule has 0 bridgehead atoms. The van der Waals surface area contributed by atoms with E-state index in [1.165, 1.54) is 13.2 Å². The van der Waals surface area contributed by atoms with Crippen LogP contribution in [0.4, 0.5) is 4.39 Å². The van der Waals surface area contributed by atoms with Gasteiger partial charge in [-0.15, -0.1) is 0 Å². The number of rotatable bonds is 2. The Bertz CT molecular complexity index is 660. The molecule has 0 amide bonds. The van der Waals surface area contributed by atoms with Crippen molar-refractivity contribution in [3.05, 3.63) is 40.0 Å². The molecule has 0 aliphatic rings. The molecule has 6 heteroatoms. The summed E-state index contributed by atoms with van der Waals surface area (Å²) in [5.41, 5.74) is 1.88. The minimum Gasteiger partial charge on any atom is -0.464 e. The summed E-state index contributed by atoms with van der Waals surface area (Å²) in [7, 11) is 1.28. The summed E-state index contributed by atoms with van der Waals surface area (Å²) in [6.07, 6.45) is 0. The number of nitrogens with one attached hydrogen (secondary N) is 2. The fraction of sp³-hybridized carbons (Fsp3) is 0.167. The summed E-state index contributed by atoms with van der Waals surface area (Å²) in [4.78, 5) is 17.2. The predicted octanol–water partition coefficient (Wildman–Crippen LogP) is 2.97. The Morgan fingerprint density at radius 2 is 2.11 bits per heavy atom. The van der Waals surface area contributed by atoms with Gasteiger partial charge >= 0.3 is 5.97 Å². The third kappa shape index (κ3) is 2.19. The number of hydrogen-bond donors (Lipinski definition) is 2. The van der Waals surface area contributed by atoms with E-state index in [9.17, 15) is 9.18 Å². The smallest absolute Gasteiger partial charge is 0.356 e. The van der Waals surface area contributed by atoms with E-state index < -0.39 is 5.97 Å². The Hall–Kier alpha value is -1.95. The van der Waals surface area contributed by atoms with E-state index in [1.807, 2.05) is 0 Å². The molecule has 0 unspecified atom stereocenters. The molecule has 0 aliphatic carbocycles. The van der Waals surface area contributed by atoms with Gasteiger partial charge in [-0.05, 0) is 42.9 Å². The summed E-state index contributed by atoms with van der Waals surface area (Å²) >= 11 is 4.95. The van der Waals surface area contributed by atoms with E-state index in [4.69, 9.17) is 12.2 Å². The Morgan fingerprint density at radius 3 is 2.72 bits per heavy atom. The number of methoxy groups -OCH3 is 1. The topological polar surface area (TPSA) is 57.9 Å². The van der Waals surface area contributed by atoms with Crippen LogP contribution in [0.25, 0.3) is 11.3 Å². The van der Waals surface area contributed by atoms with Crippen LogP contribution < -0.4 is 0 Å². The molecular weight excluding hydrogens is 255 g/mol. The zero-order valence-corrected chi connectivity index (χ0v) is 10.7. The second-order valence-corrected chi connectivity index (χ2v) is 4.19. The number of carbonyl (C=O) groups excluding carboxylic acids is 1. The van der Waals surface area contributed by atoms with E-state index in [0.717, 1.165) is 0 Å². The molecule has 2 aromatic rings. The predicted molar refractivity (Wildman–Crippen MR) is 67.4 cm³/mol. The summed E-state index contributed by atoms with van der Waals surface area (Å²) < 4.78 is 18.2. The van der Waals surface area contributed by atoms with Crippen LogP contribution in [0.15, 0.2) is 18.2 Å². The number of H-pyrrole nitrogens is 2. The number of ether oxygens (including phenoxy) is 1. The first-order chi connectivity index (χ1) is 8.52. The normalized spacial score (nSPS) is 10.4. The number of carbonyl (C=O) groups is 1. The lowest BCUT2D eigenvalue weighted by Crippen LogP contribution is -2.03. The molecular formula is C12H11FN2O2S. The van der Waals surface area contributed by atoms with Crippen molar-refractivity contribution >= 4 is 18.2 Å². The van der Waals surface area contributed by atoms with Gasteiger partial charge in [0.15, 0.2) is 10.5 Å². The molecule has 0 radical (unpaired) electrons. The maximum atomic E-state index is 13.2. The standard InChI is InChI=1S/C12H11FN2O2S/c1-6-5-7(3-4-8(6)13)9-10(11(16)17-2)15-12(18)14-9/h3-5H,1-2H3,(H2,14,15,18). The van der Waals surface area contributed by atoms with Crippen LogP contribution in [-0.2, 0) is 4.74 Å². The lowest BCUT2D eigenvalue weighted by Gasteiger charge is -2.04. The van der Waals surface area contributed by atoms with Crippen LogP contribution in [0, 0.1) is 17.5 Å². The van der Waals surface area contributed by atoms with Crippen molar-refractivity contribution in [1.82, 2.24) is 9.97 Å². The minimum absolute atomic E-state index is 0.230. The summed E-state index contributed by atoms with van der Waals surface area (Å²) in [6.45, 7) is 1.65. The fourth-order valence-electron chi connectivity index (χ4n) is 1.66. The van der Waals surface area contributed by atoms with Gasteiger partial charge in [0, 0.05) is 5.56 Å². The molecule has 18 heavy (non-hydrogen) atoms. The Morgan fingerprint density at radius 1 is 1.39 bits per heavy atom. The van der Waals surface area contributed by atoms with Gasteiger partial charge < -0.3 is 14.7 Å². The van der Waals surface area contributed by atoms with Crippen LogP contribution in [-0.4, -0.2) is 23.0 Å². The highest BCUT2D eigenvalue weighted by molar-refractivity contribution is 7.71. The monoisotopic (exact) mass is 266 g/mol. The van der Waals surface area contributed by atoms with Crippen LogP contribution in [0.5, 0.6) is 0 Å². The van der Waals surface area contributed by atoms with Gasteiger partial charge in [0.1, 0.15) is 5.82 Å². The van der Waals surface area contributed by atoms with Crippen molar-refractivity contribution in [1.29, 1.82) is 0 Å². The quantitative estimate of drug-likeness (QED) is 0.649. The van der Waals surface area contributed by atoms with Crippen LogP contribution >= 0.6 is 12.2 Å². The van der Waals surface area contributed by atoms with Crippen LogP contribution in [0.1, 0.15) is 16.1 Å². The third-order valence-corrected chi connectivity index (χ3v) is 2.77. The van der Waals surface area contributed by atoms with Gasteiger partial charge in [-0.2, -0.15) is 0 Å². The average molecular weight is 266 g/mol. The number of esters is 1. The highest BCUT2D eigenvalue weighted by Crippen LogP contribution is 2.23. The Balaban J connectivity index is 2.59. The van der Waals surface area contributed by atoms with E-state index in [0.29, 0.717) is 21.6 Å². The molecule has 1 aromatic carbocycles. The Kier molecular flexibility index (Phi) is 3.29. The van der Waals surface area contributed by atoms with Crippen molar-refractivity contribution < 1.29 is 13.9 Å². The van der Waals surface area contributed by atoms with Gasteiger partial charge in [-0.25, -0.2) is 9.18 Å². The second kappa shape index (κ2) is 4.73. The van der Waals surface area contributed by atoms with Gasteiger partial charge in [-0.3, -0.25) is 0 Å². The molecule has 4 nitrogen and oxygen atoms in total. The molecule has 2 rings (SSSR count). The van der Waals surface area contributed by atoms with Crippen molar-refractivity contribution in [2.45, 2.75) is 6.92 Å². The number of hydrogen-bond acceptors (Lipinski definition) is 3. The highest BCUT2D eigenvalue weighted by Gasteiger charge is 2.16. The molecule has 0 aliphatic heterocycles. The van der Waals surface area contributed by atoms with Crippen molar-refractivity contribution in [2.24, 2.45) is 0 Å². The lowest BCUT2D eigenvalue weighted by molar-refractivity contribution is 0.0595. The zero-order chi connectivity index (χ0) is 13.3. The van der Waals surface area contributed by atoms with Crippen molar-refractivity contribution in [2.75, 3.05) is 7.11 Å². The molecule has 0 saturated carbocycles. The number of aryl methyl sites for hydroxylation is 1. The lowest BCUT2D eigenvalue weighted by atomic mass is 10.1. The van der Waals surface area contributed by atoms with Crippen LogP contribution in [0.2, 0.25) is 0 Å². The highest BCUT2D eigenvalue weighted by atomic mass is 32.1. The molecule has 0 fully saturated rings. The van der Waals surface area contributed by atoms with Gasteiger partial charge in [0.2, 0.25) is 0 Å². The fourth-order valence-corrected chi connectivity index (χ4v) is 1.86. The molecule has 0 spiro atoms. The van der Waals surface area contributed by atoms with Gasteiger partial charge in [0.05, 0.1) is 12.8 Å². The first-order valence-corrected chi connectivity index (χ1v) is 5.61. The van der Waals surface area contributed by atoms with Crippen molar-refractivity contribution in [3.63, 3.8) is 0 Å². The molecule has 2 N–H and O–H groups in total. The molecule has 0 saturated heterocycles. The maximum Gasteiger partial charge on any atom is 0.356 e. The molecule has 0 atom stereocenters. The number of aromatic amines is 2. The zero-order valence-electron chi connectivity index (χ0n) is 9.83. The van der Waals surface area contributed by atoms with Crippen molar-refractivity contribution in [3.8, 4) is 11.3 Å². The maximum absolute atomic E-state index is 13.2. The van der Waals surface area contributed by atoms with E-state index in [2.05, 4.69) is 14.7 Å². The number of halogens is 1. The third-order valence-electron chi connectivity index (χ3n) is 2.56. The number of aromatic nitrogens is 2. The second-order valence-electron chi connectivity index (χ2n) is 3.78. The number of benzene rings is 1. The van der Waals surface area contributed by atoms with E-state index in [-0.39, 0.29) is 11.5 Å². The summed E-state index contributed by atoms with van der Waals surface area (Å²) in [6, 6.07) is 4.55. The average Bonchev–Trinajstić information content (AvgIpc) is 2.74. The molecule has 1 aromatic heterocycles. The van der Waals surface area contributed by atoms with Crippen LogP contribution in [0.3, 0.4) is 0 Å². The Labute approximate surface area is 108 Å². The summed E-state index contributed by atoms with van der Waals surface area (Å²) in [5.74, 6) is -0.827. The van der Waals surface area contributed by atoms with Gasteiger partial charge in [0.25, 0.3) is 0 Å². The molecule has 1 heterocycles. The molecule has 94 valence electrons. The minimum atomic E-state index is -0.528.